The van der Waals surface area contributed by atoms with Crippen LogP contribution in [0.1, 0.15) is 118 Å². The Hall–Kier alpha value is -5.12. The molecule has 13 nitrogen and oxygen atoms in total. The number of allylic oxidation sites excluding steroid dienone is 7. The van der Waals surface area contributed by atoms with Crippen LogP contribution in [0.25, 0.3) is 0 Å². The number of unbranched alkanes of at least 4 members (excludes halogenated alkanes) is 1. The number of aliphatic hydroxyl groups is 2. The molecule has 64 heavy (non-hydrogen) atoms. The maximum absolute atomic E-state index is 11.2. The summed E-state index contributed by atoms with van der Waals surface area (Å²) in [5, 5.41) is 32.2. The summed E-state index contributed by atoms with van der Waals surface area (Å²) in [4.78, 5) is 43.0. The Balaban J connectivity index is -0.000000711. The number of anilines is 1. The molecule has 2 fully saturated rings. The molecule has 2 aromatic rings. The molecule has 1 aromatic heterocycles. The highest BCUT2D eigenvalue weighted by molar-refractivity contribution is 8.00. The van der Waals surface area contributed by atoms with Crippen molar-refractivity contribution >= 4 is 52.6 Å². The van der Waals surface area contributed by atoms with E-state index in [1.54, 1.807) is 12.2 Å². The zero-order chi connectivity index (χ0) is 49.3. The molecular weight excluding hydrogens is 849 g/mol. The molecule has 360 valence electrons. The molecule has 2 saturated heterocycles. The maximum atomic E-state index is 11.2. The lowest BCUT2D eigenvalue weighted by atomic mass is 10.00. The molecule has 3 aliphatic heterocycles. The Morgan fingerprint density at radius 2 is 1.64 bits per heavy atom. The molecule has 0 bridgehead atoms. The molecule has 1 amide bonds. The maximum Gasteiger partial charge on any atom is 0.290 e. The number of aliphatic hydroxyl groups excluding tert-OH is 2. The van der Waals surface area contributed by atoms with Crippen molar-refractivity contribution in [2.45, 2.75) is 126 Å². The SMILES string of the molecule is C/C=C\C(=O)/C(C)=C\C=C/CCC.C=CN1CCCC1.CCC.CCC1=C(C)N2C(=CO)C(NC=O)[C@H]2SC1.CCc1ccc(C)cc1.CO.CO/N=C(\C)c1csc(N)n1.O=CO. The summed E-state index contributed by atoms with van der Waals surface area (Å²) in [6, 6.07) is 8.60. The molecule has 0 radical (unpaired) electrons. The monoisotopic (exact) mass is 929 g/mol. The van der Waals surface area contributed by atoms with E-state index in [1.807, 2.05) is 56.3 Å². The molecular formula is C49H80N6O7S2. The van der Waals surface area contributed by atoms with Crippen LogP contribution in [-0.2, 0) is 25.6 Å². The van der Waals surface area contributed by atoms with E-state index in [9.17, 15) is 14.7 Å². The number of aromatic nitrogens is 1. The number of ketones is 1. The Morgan fingerprint density at radius 3 is 2.06 bits per heavy atom. The molecule has 0 spiro atoms. The fourth-order valence-corrected chi connectivity index (χ4v) is 7.72. The topological polar surface area (TPSA) is 191 Å². The van der Waals surface area contributed by atoms with Gasteiger partial charge in [-0.1, -0.05) is 113 Å². The molecule has 5 rings (SSSR count). The minimum Gasteiger partial charge on any atom is -0.514 e. The number of nitrogens with one attached hydrogen (secondary N) is 1. The van der Waals surface area contributed by atoms with Gasteiger partial charge in [0.15, 0.2) is 10.9 Å². The highest BCUT2D eigenvalue weighted by Crippen LogP contribution is 2.45. The van der Waals surface area contributed by atoms with E-state index in [2.05, 4.69) is 115 Å². The second kappa shape index (κ2) is 41.9. The number of carbonyl (C=O) groups excluding carboxylic acids is 2. The third-order valence-electron chi connectivity index (χ3n) is 8.94. The van der Waals surface area contributed by atoms with Crippen LogP contribution in [0.3, 0.4) is 0 Å². The summed E-state index contributed by atoms with van der Waals surface area (Å²) in [5.74, 6) is 1.10. The number of likely N-dealkylation sites (tertiary alicyclic amines) is 1. The molecule has 0 aliphatic carbocycles. The number of oxime groups is 1. The van der Waals surface area contributed by atoms with Gasteiger partial charge in [-0.05, 0) is 95.7 Å². The van der Waals surface area contributed by atoms with Crippen molar-refractivity contribution in [3.05, 3.63) is 118 Å². The second-order valence-electron chi connectivity index (χ2n) is 13.9. The number of fused-ring (bicyclic) bond motifs is 1. The minimum atomic E-state index is -0.250. The van der Waals surface area contributed by atoms with Gasteiger partial charge in [-0.25, -0.2) is 4.98 Å². The Morgan fingerprint density at radius 1 is 1.05 bits per heavy atom. The third-order valence-corrected chi connectivity index (χ3v) is 11.0. The van der Waals surface area contributed by atoms with Crippen molar-refractivity contribution in [3.8, 4) is 0 Å². The lowest BCUT2D eigenvalue weighted by molar-refractivity contribution is -0.123. The summed E-state index contributed by atoms with van der Waals surface area (Å²) in [5.41, 5.74) is 13.9. The van der Waals surface area contributed by atoms with E-state index in [-0.39, 0.29) is 23.7 Å². The second-order valence-corrected chi connectivity index (χ2v) is 15.9. The van der Waals surface area contributed by atoms with Crippen LogP contribution in [0, 0.1) is 6.92 Å². The summed E-state index contributed by atoms with van der Waals surface area (Å²) in [6.07, 6.45) is 21.3. The van der Waals surface area contributed by atoms with Gasteiger partial charge in [-0.2, -0.15) is 0 Å². The van der Waals surface area contributed by atoms with E-state index in [1.165, 1.54) is 73.2 Å². The summed E-state index contributed by atoms with van der Waals surface area (Å²) >= 11 is 3.20. The number of carbonyl (C=O) groups is 3. The van der Waals surface area contributed by atoms with Crippen LogP contribution in [0.5, 0.6) is 0 Å². The van der Waals surface area contributed by atoms with E-state index in [0.29, 0.717) is 11.5 Å². The number of hydrogen-bond donors (Lipinski definition) is 5. The first kappa shape index (κ1) is 63.2. The summed E-state index contributed by atoms with van der Waals surface area (Å²) in [6.45, 7) is 26.2. The largest absolute Gasteiger partial charge is 0.514 e. The molecule has 0 saturated carbocycles. The van der Waals surface area contributed by atoms with Gasteiger partial charge in [0.05, 0.1) is 5.70 Å². The quantitative estimate of drug-likeness (QED) is 0.0339. The van der Waals surface area contributed by atoms with Gasteiger partial charge in [-0.3, -0.25) is 14.4 Å². The lowest BCUT2D eigenvalue weighted by Gasteiger charge is -2.53. The van der Waals surface area contributed by atoms with E-state index >= 15 is 0 Å². The van der Waals surface area contributed by atoms with Crippen molar-refractivity contribution in [1.82, 2.24) is 20.1 Å². The Labute approximate surface area is 393 Å². The molecule has 4 heterocycles. The van der Waals surface area contributed by atoms with Crippen LogP contribution in [0.15, 0.2) is 107 Å². The third kappa shape index (κ3) is 27.2. The number of thioether (sulfide) groups is 1. The summed E-state index contributed by atoms with van der Waals surface area (Å²) in [7, 11) is 2.50. The number of carboxylic acid groups (broad SMARTS) is 1. The van der Waals surface area contributed by atoms with Crippen LogP contribution in [0.4, 0.5) is 5.13 Å². The first-order chi connectivity index (χ1) is 30.8. The molecule has 15 heteroatoms. The number of nitrogen functional groups attached to an aromatic ring is 1. The van der Waals surface area contributed by atoms with Crippen molar-refractivity contribution < 1.29 is 34.5 Å². The fourth-order valence-electron chi connectivity index (χ4n) is 5.49. The number of rotatable bonds is 12. The van der Waals surface area contributed by atoms with Crippen LogP contribution < -0.4 is 11.1 Å². The zero-order valence-electron chi connectivity index (χ0n) is 40.7. The van der Waals surface area contributed by atoms with Gasteiger partial charge in [-0.15, -0.1) is 23.1 Å². The van der Waals surface area contributed by atoms with Crippen molar-refractivity contribution in [3.63, 3.8) is 0 Å². The van der Waals surface area contributed by atoms with Crippen molar-refractivity contribution in [2.75, 3.05) is 38.8 Å². The Kier molecular flexibility index (Phi) is 41.3. The van der Waals surface area contributed by atoms with E-state index in [0.717, 1.165) is 67.5 Å². The predicted octanol–water partition coefficient (Wildman–Crippen LogP) is 10.6. The van der Waals surface area contributed by atoms with E-state index in [4.69, 9.17) is 20.7 Å². The number of aryl methyl sites for hydroxylation is 2. The highest BCUT2D eigenvalue weighted by Gasteiger charge is 2.47. The van der Waals surface area contributed by atoms with Crippen LogP contribution >= 0.6 is 23.1 Å². The lowest BCUT2D eigenvalue weighted by Crippen LogP contribution is -2.62. The average Bonchev–Trinajstić information content (AvgIpc) is 4.00. The number of thiazole rings is 1. The normalized spacial score (nSPS) is 16.5. The number of nitrogens with zero attached hydrogens (tertiary/aromatic N) is 4. The minimum absolute atomic E-state index is 0.0548. The van der Waals surface area contributed by atoms with Gasteiger partial charge >= 0.3 is 0 Å². The predicted molar refractivity (Wildman–Crippen MR) is 273 cm³/mol. The molecule has 1 aromatic carbocycles. The van der Waals surface area contributed by atoms with Crippen LogP contribution in [-0.4, -0.2) is 99.0 Å². The van der Waals surface area contributed by atoms with Crippen LogP contribution in [0.2, 0.25) is 0 Å². The fraction of sp³-hybridized carbons (Fsp3) is 0.490. The zero-order valence-corrected chi connectivity index (χ0v) is 42.3. The van der Waals surface area contributed by atoms with Gasteiger partial charge in [0, 0.05) is 37.0 Å². The van der Waals surface area contributed by atoms with Crippen molar-refractivity contribution in [1.29, 1.82) is 0 Å². The standard InChI is InChI=1S/C12H18O.C11H16N2O2S.C9H12.C6H9N3OS.C6H11N.C3H8.CH2O2.CH4O/c1-4-6-7-8-10-11(3)12(13)9-5-2;1-3-8-5-16-11-10(12-6-15)9(4-14)13(11)7(8)2;1-3-9-6-4-8(2)5-7-9;1-4(9-10-2)5-3-11-6(7)8-5;1-2-7-5-3-4-6-7;1-3-2;2-1-3;1-2/h5,7-10H,4,6H2,1-3H3;4,6,10-11,14H,3,5H2,1-2H3,(H,12,15);4-7H,3H2,1-2H3;3H,1-2H3,(H2,7,8);2H,1,3-6H2;3H2,1-2H3;1H,(H,2,3);2H,1H3/b8-7-,9-5-,11-10-;;;9-4+;;;;/t;10?,11-;;;;;;/m.1....../s1. The first-order valence-electron chi connectivity index (χ1n) is 21.7. The summed E-state index contributed by atoms with van der Waals surface area (Å²) < 4.78 is 0. The number of amides is 1. The van der Waals surface area contributed by atoms with E-state index < -0.39 is 0 Å². The van der Waals surface area contributed by atoms with Gasteiger partial charge < -0.3 is 41.0 Å². The Bertz CT molecular complexity index is 1730. The van der Waals surface area contributed by atoms with Gasteiger partial charge in [0.1, 0.15) is 36.2 Å². The molecule has 6 N–H and O–H groups in total. The van der Waals surface area contributed by atoms with Gasteiger partial charge in [0.25, 0.3) is 6.47 Å². The highest BCUT2D eigenvalue weighted by atomic mass is 32.2. The smallest absolute Gasteiger partial charge is 0.290 e. The molecule has 1 unspecified atom stereocenters. The van der Waals surface area contributed by atoms with Crippen molar-refractivity contribution in [2.24, 2.45) is 5.16 Å². The molecule has 3 aliphatic rings. The van der Waals surface area contributed by atoms with Gasteiger partial charge in [0.2, 0.25) is 6.41 Å². The number of benzene rings is 1. The first-order valence-corrected chi connectivity index (χ1v) is 23.6. The average molecular weight is 929 g/mol. The number of hydrogen-bond acceptors (Lipinski definition) is 13. The molecule has 2 atom stereocenters. The number of nitrogens with two attached hydrogens (primary N) is 1.